The predicted octanol–water partition coefficient (Wildman–Crippen LogP) is 8.08. The van der Waals surface area contributed by atoms with Crippen LogP contribution in [0, 0.1) is 17.1 Å². The quantitative estimate of drug-likeness (QED) is 0.0460. The van der Waals surface area contributed by atoms with Crippen LogP contribution in [-0.2, 0) is 27.3 Å². The third kappa shape index (κ3) is 6.93. The van der Waals surface area contributed by atoms with Crippen LogP contribution in [0.3, 0.4) is 0 Å². The number of aliphatic carboxylic acids is 1. The topological polar surface area (TPSA) is 94.5 Å². The summed E-state index contributed by atoms with van der Waals surface area (Å²) >= 11 is 4.91. The zero-order chi connectivity index (χ0) is 33.6. The van der Waals surface area contributed by atoms with Gasteiger partial charge in [-0.15, -0.1) is 0 Å². The van der Waals surface area contributed by atoms with E-state index in [4.69, 9.17) is 4.74 Å². The number of thiazole rings is 1. The molecule has 4 aromatic carbocycles. The number of fused-ring (bicyclic) bond motifs is 4. The molecule has 0 saturated heterocycles. The summed E-state index contributed by atoms with van der Waals surface area (Å²) in [6.07, 6.45) is 7.46. The molecule has 0 aliphatic carbocycles. The number of hydrogen-bond acceptors (Lipinski definition) is 6. The Kier molecular flexibility index (Phi) is 10.1. The predicted molar refractivity (Wildman–Crippen MR) is 189 cm³/mol. The Labute approximate surface area is 289 Å². The third-order valence-corrected chi connectivity index (χ3v) is 9.95. The third-order valence-electron chi connectivity index (χ3n) is 8.34. The summed E-state index contributed by atoms with van der Waals surface area (Å²) in [7, 11) is 0. The number of nitriles is 1. The number of anilines is 1. The van der Waals surface area contributed by atoms with Crippen LogP contribution in [0.25, 0.3) is 27.1 Å². The van der Waals surface area contributed by atoms with Gasteiger partial charge < -0.3 is 14.7 Å². The Hall–Kier alpha value is -5.11. The van der Waals surface area contributed by atoms with Crippen molar-refractivity contribution in [2.75, 3.05) is 18.1 Å². The maximum atomic E-state index is 15.1. The Morgan fingerprint density at radius 2 is 1.94 bits per heavy atom. The number of allylic oxidation sites excluding steroid dienone is 5. The molecule has 0 spiro atoms. The normalized spacial score (nSPS) is 15.4. The molecule has 0 saturated carbocycles. The fourth-order valence-corrected chi connectivity index (χ4v) is 7.62. The molecule has 6 rings (SSSR count). The van der Waals surface area contributed by atoms with E-state index >= 15 is 4.39 Å². The number of aromatic nitrogens is 1. The van der Waals surface area contributed by atoms with Crippen LogP contribution in [-0.4, -0.2) is 30.7 Å². The number of carbonyl (C=O) groups is 2. The maximum absolute atomic E-state index is 15.1. The SMILES string of the molecule is N#CC(=C\C=C1/C(Cc2ccc(Br)cc2F)c2ccccc2N1CCC(=O)O)/C=C/c1sc2ccc3ccccc3c2[n+]1CCOC=O. The number of carboxylic acids is 1. The lowest BCUT2D eigenvalue weighted by atomic mass is 9.91. The second-order valence-electron chi connectivity index (χ2n) is 11.2. The van der Waals surface area contributed by atoms with Crippen LogP contribution in [0.1, 0.15) is 28.5 Å². The molecule has 1 unspecified atom stereocenters. The number of hydrogen-bond donors (Lipinski definition) is 1. The molecule has 2 heterocycles. The molecule has 48 heavy (non-hydrogen) atoms. The molecular formula is C38H30BrFN3O4S+. The Morgan fingerprint density at radius 3 is 2.73 bits per heavy atom. The largest absolute Gasteiger partial charge is 0.481 e. The minimum Gasteiger partial charge on any atom is -0.481 e. The molecule has 5 aromatic rings. The average Bonchev–Trinajstić information content (AvgIpc) is 3.59. The van der Waals surface area contributed by atoms with Gasteiger partial charge in [-0.05, 0) is 71.5 Å². The van der Waals surface area contributed by atoms with Crippen molar-refractivity contribution in [1.82, 2.24) is 0 Å². The van der Waals surface area contributed by atoms with Gasteiger partial charge in [0.15, 0.2) is 6.54 Å². The van der Waals surface area contributed by atoms with Crippen LogP contribution in [0.2, 0.25) is 0 Å². The molecule has 7 nitrogen and oxygen atoms in total. The van der Waals surface area contributed by atoms with Gasteiger partial charge in [0.2, 0.25) is 5.52 Å². The summed E-state index contributed by atoms with van der Waals surface area (Å²) in [5.41, 5.74) is 4.56. The highest BCUT2D eigenvalue weighted by Crippen LogP contribution is 2.45. The van der Waals surface area contributed by atoms with Gasteiger partial charge in [-0.25, -0.2) is 4.39 Å². The summed E-state index contributed by atoms with van der Waals surface area (Å²) < 4.78 is 23.9. The van der Waals surface area contributed by atoms with Crippen molar-refractivity contribution >= 4 is 72.5 Å². The van der Waals surface area contributed by atoms with Crippen molar-refractivity contribution in [2.24, 2.45) is 0 Å². The first-order valence-corrected chi connectivity index (χ1v) is 16.9. The van der Waals surface area contributed by atoms with E-state index in [1.165, 1.54) is 6.07 Å². The van der Waals surface area contributed by atoms with Crippen LogP contribution in [0.4, 0.5) is 10.1 Å². The first kappa shape index (κ1) is 32.8. The van der Waals surface area contributed by atoms with E-state index in [1.54, 1.807) is 35.6 Å². The van der Waals surface area contributed by atoms with E-state index in [0.29, 0.717) is 35.0 Å². The Balaban J connectivity index is 1.40. The number of nitrogens with zero attached hydrogens (tertiary/aromatic N) is 3. The standard InChI is InChI=1S/C38H29BrFN3O4S/c39-28-13-11-27(32(40)22-28)21-31-30-7-3-4-8-33(30)42(18-17-37(45)46)34(31)14-9-25(23-41)10-16-36-43(19-20-47-24-44)38-29-6-2-1-5-26(29)12-15-35(38)48-36/h1-16,22,24,31H,17-21H2/p+1. The molecule has 10 heteroatoms. The lowest BCUT2D eigenvalue weighted by molar-refractivity contribution is -0.669. The summed E-state index contributed by atoms with van der Waals surface area (Å²) in [4.78, 5) is 24.5. The summed E-state index contributed by atoms with van der Waals surface area (Å²) in [6.45, 7) is 1.30. The van der Waals surface area contributed by atoms with E-state index in [2.05, 4.69) is 50.8 Å². The van der Waals surface area contributed by atoms with E-state index in [1.807, 2.05) is 53.5 Å². The number of benzene rings is 4. The van der Waals surface area contributed by atoms with Gasteiger partial charge in [0, 0.05) is 34.4 Å². The van der Waals surface area contributed by atoms with E-state index in [0.717, 1.165) is 42.9 Å². The first-order valence-electron chi connectivity index (χ1n) is 15.3. The van der Waals surface area contributed by atoms with Crippen molar-refractivity contribution in [1.29, 1.82) is 5.26 Å². The van der Waals surface area contributed by atoms with Crippen LogP contribution >= 0.6 is 27.3 Å². The maximum Gasteiger partial charge on any atom is 0.305 e. The van der Waals surface area contributed by atoms with Crippen LogP contribution < -0.4 is 9.47 Å². The first-order chi connectivity index (χ1) is 23.4. The van der Waals surface area contributed by atoms with E-state index in [9.17, 15) is 20.0 Å². The Morgan fingerprint density at radius 1 is 1.12 bits per heavy atom. The molecule has 0 fully saturated rings. The monoisotopic (exact) mass is 722 g/mol. The zero-order valence-electron chi connectivity index (χ0n) is 25.7. The number of carbonyl (C=O) groups excluding carboxylic acids is 1. The lowest BCUT2D eigenvalue weighted by Crippen LogP contribution is -2.37. The molecule has 1 aliphatic heterocycles. The van der Waals surface area contributed by atoms with Crippen molar-refractivity contribution in [3.8, 4) is 6.07 Å². The minimum atomic E-state index is -0.923. The summed E-state index contributed by atoms with van der Waals surface area (Å²) in [5.74, 6) is -1.51. The van der Waals surface area contributed by atoms with Crippen LogP contribution in [0.15, 0.2) is 113 Å². The van der Waals surface area contributed by atoms with Gasteiger partial charge >= 0.3 is 5.97 Å². The second-order valence-corrected chi connectivity index (χ2v) is 13.2. The number of para-hydroxylation sites is 1. The molecule has 1 aromatic heterocycles. The van der Waals surface area contributed by atoms with Crippen molar-refractivity contribution in [2.45, 2.75) is 25.3 Å². The van der Waals surface area contributed by atoms with E-state index in [-0.39, 0.29) is 31.3 Å². The molecule has 1 aliphatic rings. The number of halogens is 2. The van der Waals surface area contributed by atoms with Gasteiger partial charge in [0.25, 0.3) is 11.5 Å². The van der Waals surface area contributed by atoms with E-state index < -0.39 is 5.97 Å². The zero-order valence-corrected chi connectivity index (χ0v) is 28.1. The van der Waals surface area contributed by atoms with Gasteiger partial charge in [0.1, 0.15) is 17.1 Å². The average molecular weight is 724 g/mol. The van der Waals surface area contributed by atoms with Crippen LogP contribution in [0.5, 0.6) is 0 Å². The molecule has 0 radical (unpaired) electrons. The fraction of sp³-hybridized carbons (Fsp3) is 0.158. The smallest absolute Gasteiger partial charge is 0.305 e. The lowest BCUT2D eigenvalue weighted by Gasteiger charge is -2.23. The molecule has 1 atom stereocenters. The van der Waals surface area contributed by atoms with Gasteiger partial charge in [-0.1, -0.05) is 75.8 Å². The highest BCUT2D eigenvalue weighted by molar-refractivity contribution is 9.10. The molecular weight excluding hydrogens is 693 g/mol. The highest BCUT2D eigenvalue weighted by atomic mass is 79.9. The molecule has 240 valence electrons. The molecule has 0 bridgehead atoms. The van der Waals surface area contributed by atoms with Gasteiger partial charge in [-0.2, -0.15) is 9.83 Å². The highest BCUT2D eigenvalue weighted by Gasteiger charge is 2.34. The van der Waals surface area contributed by atoms with Gasteiger partial charge in [0.05, 0.1) is 23.4 Å². The summed E-state index contributed by atoms with van der Waals surface area (Å²) in [5, 5.41) is 22.7. The second kappa shape index (κ2) is 14.8. The number of rotatable bonds is 12. The van der Waals surface area contributed by atoms with Gasteiger partial charge in [-0.3, -0.25) is 9.59 Å². The van der Waals surface area contributed by atoms with Crippen molar-refractivity contribution < 1.29 is 28.4 Å². The fourth-order valence-electron chi connectivity index (χ4n) is 6.18. The molecule has 0 amide bonds. The Bertz CT molecular complexity index is 2170. The van der Waals surface area contributed by atoms with Crippen molar-refractivity contribution in [3.05, 3.63) is 135 Å². The minimum absolute atomic E-state index is 0.0891. The van der Waals surface area contributed by atoms with Crippen molar-refractivity contribution in [3.63, 3.8) is 0 Å². The molecule has 1 N–H and O–H groups in total. The summed E-state index contributed by atoms with van der Waals surface area (Å²) in [6, 6.07) is 27.3. The number of ether oxygens (including phenoxy) is 1. The number of carboxylic acid groups (broad SMARTS) is 1.